The number of fused-ring (bicyclic) bond motifs is 4. The normalized spacial score (nSPS) is 26.4. The van der Waals surface area contributed by atoms with Gasteiger partial charge in [-0.1, -0.05) is 24.3 Å². The van der Waals surface area contributed by atoms with E-state index in [1.807, 2.05) is 81.6 Å². The van der Waals surface area contributed by atoms with Gasteiger partial charge in [-0.2, -0.15) is 0 Å². The Morgan fingerprint density at radius 1 is 0.519 bits per heavy atom. The molecule has 79 heavy (non-hydrogen) atoms. The largest absolute Gasteiger partial charge is 0.395 e. The highest BCUT2D eigenvalue weighted by Crippen LogP contribution is 2.35. The molecule has 0 aromatic heterocycles. The summed E-state index contributed by atoms with van der Waals surface area (Å²) >= 11 is 0. The molecule has 12 rings (SSSR count). The number of likely N-dealkylation sites (tertiary alicyclic amines) is 4. The Hall–Kier alpha value is -6.39. The van der Waals surface area contributed by atoms with Crippen LogP contribution >= 0.6 is 0 Å². The highest BCUT2D eigenvalue weighted by Gasteiger charge is 2.40. The van der Waals surface area contributed by atoms with Crippen LogP contribution in [0.2, 0.25) is 0 Å². The van der Waals surface area contributed by atoms with Gasteiger partial charge in [0.1, 0.15) is 6.17 Å². The van der Waals surface area contributed by atoms with E-state index in [0.29, 0.717) is 45.1 Å². The zero-order chi connectivity index (χ0) is 55.7. The first kappa shape index (κ1) is 57.3. The van der Waals surface area contributed by atoms with Crippen molar-refractivity contribution >= 4 is 69.1 Å². The van der Waals surface area contributed by atoms with Crippen LogP contribution in [0.25, 0.3) is 0 Å². The monoisotopic (exact) mass is 1090 g/mol. The number of halogens is 1. The number of aliphatic hydroxyl groups is 2. The van der Waals surface area contributed by atoms with Crippen molar-refractivity contribution < 1.29 is 38.5 Å². The number of hydrogen-bond acceptors (Lipinski definition) is 15. The number of hydrogen-bond donors (Lipinski definition) is 10. The van der Waals surface area contributed by atoms with Gasteiger partial charge in [0, 0.05) is 119 Å². The summed E-state index contributed by atoms with van der Waals surface area (Å²) in [7, 11) is 9.19. The number of carbonyl (C=O) groups excluding carboxylic acids is 4. The van der Waals surface area contributed by atoms with E-state index in [4.69, 9.17) is 4.74 Å². The first-order valence-corrected chi connectivity index (χ1v) is 28.2. The Morgan fingerprint density at radius 3 is 1.24 bits per heavy atom. The lowest BCUT2D eigenvalue weighted by atomic mass is 9.97. The van der Waals surface area contributed by atoms with E-state index >= 15 is 0 Å². The Labute approximate surface area is 463 Å². The molecule has 8 atom stereocenters. The maximum absolute atomic E-state index is 13.3. The second kappa shape index (κ2) is 26.3. The molecular weight excluding hydrogens is 1010 g/mol. The van der Waals surface area contributed by atoms with Crippen LogP contribution in [0.1, 0.15) is 60.8 Å². The minimum atomic E-state index is -0.791. The average molecular weight is 1090 g/mol. The van der Waals surface area contributed by atoms with E-state index < -0.39 is 6.17 Å². The Morgan fingerprint density at radius 2 is 0.886 bits per heavy atom. The van der Waals surface area contributed by atoms with Gasteiger partial charge >= 0.3 is 0 Å². The summed E-state index contributed by atoms with van der Waals surface area (Å²) in [4.78, 5) is 57.7. The molecule has 4 aromatic carbocycles. The van der Waals surface area contributed by atoms with Gasteiger partial charge in [0.15, 0.2) is 0 Å². The molecule has 0 aliphatic carbocycles. The Balaban J connectivity index is 0.000000128. The molecule has 0 bridgehead atoms. The zero-order valence-corrected chi connectivity index (χ0v) is 46.4. The van der Waals surface area contributed by atoms with Gasteiger partial charge in [-0.3, -0.25) is 38.8 Å². The fourth-order valence-corrected chi connectivity index (χ4v) is 12.5. The summed E-state index contributed by atoms with van der Waals surface area (Å²) in [6.07, 6.45) is 7.40. The van der Waals surface area contributed by atoms with Crippen molar-refractivity contribution in [3.8, 4) is 0 Å². The van der Waals surface area contributed by atoms with Gasteiger partial charge in [-0.05, 0) is 148 Å². The summed E-state index contributed by atoms with van der Waals surface area (Å²) in [6.45, 7) is 5.16. The molecule has 4 aromatic rings. The van der Waals surface area contributed by atoms with Crippen LogP contribution in [-0.4, -0.2) is 190 Å². The number of amides is 4. The summed E-state index contributed by atoms with van der Waals surface area (Å²) in [5.41, 5.74) is 12.2. The lowest BCUT2D eigenvalue weighted by molar-refractivity contribution is -0.123. The second-order valence-corrected chi connectivity index (χ2v) is 21.8. The summed E-state index contributed by atoms with van der Waals surface area (Å²) < 4.78 is 18.6. The molecule has 0 saturated carbocycles. The van der Waals surface area contributed by atoms with Gasteiger partial charge < -0.3 is 57.5 Å². The molecule has 4 amide bonds. The molecule has 4 unspecified atom stereocenters. The quantitative estimate of drug-likeness (QED) is 0.0950. The number of alkyl halides is 1. The van der Waals surface area contributed by atoms with Crippen molar-refractivity contribution in [1.29, 1.82) is 0 Å². The van der Waals surface area contributed by atoms with Gasteiger partial charge in [0.2, 0.25) is 23.6 Å². The molecule has 0 spiro atoms. The number of methoxy groups -OCH3 is 1. The number of nitrogens with zero attached hydrogens (tertiary/aromatic N) is 4. The van der Waals surface area contributed by atoms with Crippen LogP contribution in [0.15, 0.2) is 72.8 Å². The number of anilines is 8. The number of carbonyl (C=O) groups is 4. The molecule has 19 nitrogen and oxygen atoms in total. The molecule has 8 heterocycles. The van der Waals surface area contributed by atoms with Crippen LogP contribution in [-0.2, 0) is 49.6 Å². The number of nitrogens with one attached hydrogen (secondary N) is 8. The second-order valence-electron chi connectivity index (χ2n) is 21.8. The molecule has 8 aliphatic rings. The van der Waals surface area contributed by atoms with Crippen molar-refractivity contribution in [2.45, 2.75) is 113 Å². The standard InChI is InChI=1S/C16H23N3O2.C15H21N3O2.C14H18FN3O.C14H19N3O2/c1-17-12-6-5-11-8-15(16(20)18-14(11)9-12)19-7-3-4-13(19)10-21-2;1-16-11-5-4-10-7-14(15(20)17-13(10)8-11)18-6-2-3-12(18)9-19;1-16-11-3-2-9-6-13(14(19)17-12(9)7-11)18-5-4-10(15)8-18;1-15-10-3-2-9-6-13(14(19)16-12(9)7-10)17-5-4-11(18)8-17/h5-6,9,13,15,17H,3-4,7-8,10H2,1-2H3,(H,18,20);4-5,8,12,14,16,19H,2-3,6-7,9H2,1H3,(H,17,20);2-3,7,10,13,16H,4-6,8H2,1H3,(H,17,19);2-3,7,11,13,15,18H,4-6,8H2,1H3,(H,16,19)/t13-,15?;12-,14?;10-,13?;11-,13?/m0011/s1. The number of rotatable bonds is 11. The van der Waals surface area contributed by atoms with E-state index in [2.05, 4.69) is 81.5 Å². The third-order valence-corrected chi connectivity index (χ3v) is 16.9. The highest BCUT2D eigenvalue weighted by atomic mass is 19.1. The predicted molar refractivity (Wildman–Crippen MR) is 310 cm³/mol. The van der Waals surface area contributed by atoms with Crippen molar-refractivity contribution in [3.63, 3.8) is 0 Å². The van der Waals surface area contributed by atoms with E-state index in [1.165, 1.54) is 5.56 Å². The summed E-state index contributed by atoms with van der Waals surface area (Å²) in [5, 5.41) is 43.3. The third-order valence-electron chi connectivity index (χ3n) is 16.9. The van der Waals surface area contributed by atoms with Gasteiger partial charge in [-0.25, -0.2) is 4.39 Å². The van der Waals surface area contributed by atoms with Gasteiger partial charge in [-0.15, -0.1) is 0 Å². The first-order valence-electron chi connectivity index (χ1n) is 28.2. The van der Waals surface area contributed by atoms with E-state index in [-0.39, 0.29) is 66.5 Å². The topological polar surface area (TPSA) is 227 Å². The van der Waals surface area contributed by atoms with E-state index in [9.17, 15) is 33.8 Å². The highest BCUT2D eigenvalue weighted by molar-refractivity contribution is 6.01. The van der Waals surface area contributed by atoms with Crippen LogP contribution in [0.5, 0.6) is 0 Å². The third kappa shape index (κ3) is 13.5. The maximum Gasteiger partial charge on any atom is 0.242 e. The molecule has 4 fully saturated rings. The average Bonchev–Trinajstić information content (AvgIpc) is 4.41. The van der Waals surface area contributed by atoms with Crippen LogP contribution in [0.4, 0.5) is 49.9 Å². The van der Waals surface area contributed by atoms with Crippen LogP contribution < -0.4 is 42.5 Å². The number of ether oxygens (including phenoxy) is 1. The predicted octanol–water partition coefficient (Wildman–Crippen LogP) is 5.04. The minimum absolute atomic E-state index is 0.0187. The molecule has 20 heteroatoms. The number of benzene rings is 4. The lowest BCUT2D eigenvalue weighted by Gasteiger charge is -2.35. The van der Waals surface area contributed by atoms with Crippen molar-refractivity contribution in [3.05, 3.63) is 95.1 Å². The van der Waals surface area contributed by atoms with Crippen molar-refractivity contribution in [2.75, 3.05) is 130 Å². The van der Waals surface area contributed by atoms with Gasteiger partial charge in [0.05, 0.1) is 43.5 Å². The van der Waals surface area contributed by atoms with E-state index in [1.54, 1.807) is 7.11 Å². The minimum Gasteiger partial charge on any atom is -0.395 e. The fraction of sp³-hybridized carbons (Fsp3) is 0.525. The zero-order valence-electron chi connectivity index (χ0n) is 46.4. The first-order chi connectivity index (χ1) is 38.3. The Bertz CT molecular complexity index is 2710. The van der Waals surface area contributed by atoms with Crippen LogP contribution in [0, 0.1) is 0 Å². The molecule has 8 aliphatic heterocycles. The summed E-state index contributed by atoms with van der Waals surface area (Å²) in [5.74, 6) is 0.176. The molecule has 10 N–H and O–H groups in total. The van der Waals surface area contributed by atoms with Gasteiger partial charge in [0.25, 0.3) is 0 Å². The smallest absolute Gasteiger partial charge is 0.242 e. The molecule has 4 saturated heterocycles. The van der Waals surface area contributed by atoms with E-state index in [0.717, 1.165) is 133 Å². The molecule has 426 valence electrons. The number of β-amino-alcohol motifs (C(OH)–C–C–N with tert-alkyl or cyclic N) is 1. The molecule has 0 radical (unpaired) electrons. The number of aliphatic hydroxyl groups excluding tert-OH is 2. The SMILES string of the molecule is CNc1ccc2c(c1)NC(=O)C(N1CCC[C@H]1CO)C2.CNc1ccc2c(c1)NC(=O)C(N1CCC[C@H]1COC)C2.CNc1ccc2c(c1)NC(=O)C(N1CC[C@@H](F)C1)C2.CNc1ccc2c(c1)NC(=O)C(N1CC[C@@H](O)C1)C2. The van der Waals surface area contributed by atoms with Crippen LogP contribution in [0.3, 0.4) is 0 Å². The van der Waals surface area contributed by atoms with Crippen molar-refractivity contribution in [1.82, 2.24) is 19.6 Å². The maximum atomic E-state index is 13.3. The van der Waals surface area contributed by atoms with Crippen molar-refractivity contribution in [2.24, 2.45) is 0 Å². The fourth-order valence-electron chi connectivity index (χ4n) is 12.5. The summed E-state index contributed by atoms with van der Waals surface area (Å²) in [6, 6.07) is 24.1. The lowest BCUT2D eigenvalue weighted by Crippen LogP contribution is -2.50. The molecular formula is C59H81FN12O7. The Kier molecular flexibility index (Phi) is 19.0.